The molecule has 0 aromatic rings. The van der Waals surface area contributed by atoms with Gasteiger partial charge in [0, 0.05) is 5.54 Å². The van der Waals surface area contributed by atoms with Crippen LogP contribution in [0.2, 0.25) is 0 Å². The van der Waals surface area contributed by atoms with Gasteiger partial charge in [-0.3, -0.25) is 10.6 Å². The molecule has 0 aliphatic heterocycles. The molecule has 0 aromatic heterocycles. The fourth-order valence-electron chi connectivity index (χ4n) is 5.75. The van der Waals surface area contributed by atoms with Gasteiger partial charge in [0.2, 0.25) is 0 Å². The zero-order chi connectivity index (χ0) is 28.9. The fraction of sp³-hybridized carbons (Fsp3) is 1.00. The van der Waals surface area contributed by atoms with Crippen LogP contribution in [0.15, 0.2) is 0 Å². The molecule has 0 aliphatic carbocycles. The Kier molecular flexibility index (Phi) is 27.9. The first kappa shape index (κ1) is 38.9. The van der Waals surface area contributed by atoms with Crippen LogP contribution in [-0.2, 0) is 0 Å². The molecule has 0 radical (unpaired) electrons. The van der Waals surface area contributed by atoms with Gasteiger partial charge in [0.25, 0.3) is 0 Å². The van der Waals surface area contributed by atoms with Gasteiger partial charge in [-0.25, -0.2) is 0 Å². The van der Waals surface area contributed by atoms with E-state index in [1.54, 1.807) is 0 Å². The highest BCUT2D eigenvalue weighted by Crippen LogP contribution is 2.20. The van der Waals surface area contributed by atoms with E-state index >= 15 is 0 Å². The maximum Gasteiger partial charge on any atom is 0.0699 e. The molecule has 0 atom stereocenters. The topological polar surface area (TPSA) is 36.1 Å². The first-order chi connectivity index (χ1) is 18.9. The van der Waals surface area contributed by atoms with Crippen molar-refractivity contribution in [1.29, 1.82) is 0 Å². The summed E-state index contributed by atoms with van der Waals surface area (Å²) in [4.78, 5) is 0. The van der Waals surface area contributed by atoms with Crippen LogP contribution in [0.3, 0.4) is 0 Å². The van der Waals surface area contributed by atoms with Crippen molar-refractivity contribution >= 4 is 0 Å². The summed E-state index contributed by atoms with van der Waals surface area (Å²) in [5.74, 6) is 0. The largest absolute Gasteiger partial charge is 0.312 e. The van der Waals surface area contributed by atoms with Crippen LogP contribution in [0.4, 0.5) is 0 Å². The molecule has 236 valence electrons. The normalized spacial score (nSPS) is 12.5. The SMILES string of the molecule is CCCCCCCCCCNC(CCCCCCCCC)(CCNC(C)(C)C)NCCCCCCCCCC. The fourth-order valence-corrected chi connectivity index (χ4v) is 5.75. The third-order valence-electron chi connectivity index (χ3n) is 8.40. The van der Waals surface area contributed by atoms with Crippen molar-refractivity contribution in [2.24, 2.45) is 0 Å². The van der Waals surface area contributed by atoms with Crippen LogP contribution in [0.1, 0.15) is 202 Å². The van der Waals surface area contributed by atoms with Gasteiger partial charge in [-0.05, 0) is 66.1 Å². The minimum Gasteiger partial charge on any atom is -0.312 e. The molecule has 39 heavy (non-hydrogen) atoms. The second-order valence-corrected chi connectivity index (χ2v) is 13.7. The Bertz CT molecular complexity index is 448. The Labute approximate surface area is 248 Å². The summed E-state index contributed by atoms with van der Waals surface area (Å²) in [5.41, 5.74) is 0.268. The number of unbranched alkanes of at least 4 members (excludes halogenated alkanes) is 20. The summed E-state index contributed by atoms with van der Waals surface area (Å²) < 4.78 is 0. The van der Waals surface area contributed by atoms with E-state index in [1.165, 1.54) is 161 Å². The van der Waals surface area contributed by atoms with Crippen LogP contribution < -0.4 is 16.0 Å². The van der Waals surface area contributed by atoms with Gasteiger partial charge in [-0.1, -0.05) is 156 Å². The molecule has 3 heteroatoms. The van der Waals surface area contributed by atoms with Crippen molar-refractivity contribution in [1.82, 2.24) is 16.0 Å². The Morgan fingerprint density at radius 1 is 0.333 bits per heavy atom. The quantitative estimate of drug-likeness (QED) is 0.0592. The predicted molar refractivity (Wildman–Crippen MR) is 179 cm³/mol. The van der Waals surface area contributed by atoms with E-state index in [0.29, 0.717) is 0 Å². The lowest BCUT2D eigenvalue weighted by Crippen LogP contribution is -2.59. The summed E-state index contributed by atoms with van der Waals surface area (Å²) in [6.07, 6.45) is 34.5. The van der Waals surface area contributed by atoms with Gasteiger partial charge < -0.3 is 5.32 Å². The van der Waals surface area contributed by atoms with Gasteiger partial charge in [-0.15, -0.1) is 0 Å². The maximum atomic E-state index is 4.12. The molecule has 0 rings (SSSR count). The van der Waals surface area contributed by atoms with Crippen molar-refractivity contribution in [2.45, 2.75) is 213 Å². The molecule has 0 spiro atoms. The molecule has 0 aliphatic rings. The first-order valence-electron chi connectivity index (χ1n) is 18.1. The average Bonchev–Trinajstić information content (AvgIpc) is 2.90. The van der Waals surface area contributed by atoms with Crippen molar-refractivity contribution in [3.8, 4) is 0 Å². The maximum absolute atomic E-state index is 4.12. The molecule has 3 nitrogen and oxygen atoms in total. The van der Waals surface area contributed by atoms with Gasteiger partial charge in [0.15, 0.2) is 0 Å². The molecule has 0 amide bonds. The van der Waals surface area contributed by atoms with E-state index in [0.717, 1.165) is 19.6 Å². The van der Waals surface area contributed by atoms with Gasteiger partial charge in [0.1, 0.15) is 0 Å². The molecule has 0 aromatic carbocycles. The Hall–Kier alpha value is -0.120. The molecule has 0 heterocycles. The molecule has 0 saturated heterocycles. The van der Waals surface area contributed by atoms with Gasteiger partial charge in [0.05, 0.1) is 5.66 Å². The van der Waals surface area contributed by atoms with Crippen LogP contribution in [-0.4, -0.2) is 30.8 Å². The van der Waals surface area contributed by atoms with Crippen molar-refractivity contribution in [2.75, 3.05) is 19.6 Å². The van der Waals surface area contributed by atoms with Crippen molar-refractivity contribution in [3.63, 3.8) is 0 Å². The molecule has 3 N–H and O–H groups in total. The molecule has 0 fully saturated rings. The highest BCUT2D eigenvalue weighted by atomic mass is 15.2. The summed E-state index contributed by atoms with van der Waals surface area (Å²) >= 11 is 0. The third kappa shape index (κ3) is 27.8. The lowest BCUT2D eigenvalue weighted by molar-refractivity contribution is 0.202. The standard InChI is InChI=1S/C36H77N3/c1-7-10-13-16-19-22-25-28-32-38-36(31-34-37-35(4,5)6,30-27-24-21-18-15-12-9-3)39-33-29-26-23-20-17-14-11-8-2/h37-39H,7-34H2,1-6H3. The van der Waals surface area contributed by atoms with Crippen LogP contribution in [0, 0.1) is 0 Å². The third-order valence-corrected chi connectivity index (χ3v) is 8.40. The minimum absolute atomic E-state index is 0.0872. The zero-order valence-corrected chi connectivity index (χ0v) is 28.3. The monoisotopic (exact) mass is 552 g/mol. The number of nitrogens with one attached hydrogen (secondary N) is 3. The predicted octanol–water partition coefficient (Wildman–Crippen LogP) is 11.1. The van der Waals surface area contributed by atoms with Crippen molar-refractivity contribution in [3.05, 3.63) is 0 Å². The van der Waals surface area contributed by atoms with Crippen LogP contribution >= 0.6 is 0 Å². The minimum atomic E-state index is 0.0872. The number of hydrogen-bond donors (Lipinski definition) is 3. The molecule has 0 unspecified atom stereocenters. The Morgan fingerprint density at radius 2 is 0.667 bits per heavy atom. The molecule has 0 saturated carbocycles. The average molecular weight is 552 g/mol. The zero-order valence-electron chi connectivity index (χ0n) is 28.3. The van der Waals surface area contributed by atoms with Gasteiger partial charge in [-0.2, -0.15) is 0 Å². The van der Waals surface area contributed by atoms with E-state index in [1.807, 2.05) is 0 Å². The van der Waals surface area contributed by atoms with Crippen LogP contribution in [0.25, 0.3) is 0 Å². The number of hydrogen-bond acceptors (Lipinski definition) is 3. The highest BCUT2D eigenvalue weighted by Gasteiger charge is 2.28. The second kappa shape index (κ2) is 28.0. The Morgan fingerprint density at radius 3 is 1.03 bits per heavy atom. The molecular formula is C36H77N3. The van der Waals surface area contributed by atoms with Crippen LogP contribution in [0.5, 0.6) is 0 Å². The summed E-state index contributed by atoms with van der Waals surface area (Å²) in [6, 6.07) is 0. The smallest absolute Gasteiger partial charge is 0.0699 e. The first-order valence-corrected chi connectivity index (χ1v) is 18.1. The Balaban J connectivity index is 4.79. The lowest BCUT2D eigenvalue weighted by Gasteiger charge is -2.38. The van der Waals surface area contributed by atoms with E-state index in [2.05, 4.69) is 57.5 Å². The van der Waals surface area contributed by atoms with E-state index in [4.69, 9.17) is 0 Å². The molecular weight excluding hydrogens is 474 g/mol. The van der Waals surface area contributed by atoms with Gasteiger partial charge >= 0.3 is 0 Å². The highest BCUT2D eigenvalue weighted by molar-refractivity contribution is 4.87. The van der Waals surface area contributed by atoms with E-state index < -0.39 is 0 Å². The van der Waals surface area contributed by atoms with Crippen molar-refractivity contribution < 1.29 is 0 Å². The second-order valence-electron chi connectivity index (χ2n) is 13.7. The molecule has 0 bridgehead atoms. The summed E-state index contributed by atoms with van der Waals surface area (Å²) in [7, 11) is 0. The number of rotatable bonds is 31. The lowest BCUT2D eigenvalue weighted by atomic mass is 9.95. The summed E-state index contributed by atoms with van der Waals surface area (Å²) in [6.45, 7) is 17.2. The van der Waals surface area contributed by atoms with E-state index in [9.17, 15) is 0 Å². The van der Waals surface area contributed by atoms with E-state index in [-0.39, 0.29) is 11.2 Å². The summed E-state index contributed by atoms with van der Waals surface area (Å²) in [5, 5.41) is 12.0.